The van der Waals surface area contributed by atoms with Crippen LogP contribution in [-0.2, 0) is 11.3 Å². The summed E-state index contributed by atoms with van der Waals surface area (Å²) in [6.45, 7) is 8.49. The molecular weight excluding hydrogens is 298 g/mol. The molecule has 1 heterocycles. The lowest BCUT2D eigenvalue weighted by molar-refractivity contribution is -0.119. The van der Waals surface area contributed by atoms with Gasteiger partial charge in [0.1, 0.15) is 5.82 Å². The lowest BCUT2D eigenvalue weighted by Crippen LogP contribution is -2.26. The first-order chi connectivity index (χ1) is 11.5. The summed E-state index contributed by atoms with van der Waals surface area (Å²) in [4.78, 5) is 16.2. The highest BCUT2D eigenvalue weighted by molar-refractivity contribution is 5.77. The van der Waals surface area contributed by atoms with E-state index < -0.39 is 0 Å². The van der Waals surface area contributed by atoms with E-state index in [0.717, 1.165) is 23.4 Å². The Morgan fingerprint density at radius 1 is 1.21 bits per heavy atom. The van der Waals surface area contributed by atoms with Gasteiger partial charge in [-0.25, -0.2) is 4.98 Å². The number of nitrogens with one attached hydrogen (secondary N) is 1. The Morgan fingerprint density at radius 3 is 2.71 bits per heavy atom. The molecule has 0 saturated carbocycles. The quantitative estimate of drug-likeness (QED) is 0.792. The van der Waals surface area contributed by atoms with Crippen LogP contribution in [0.4, 0.5) is 0 Å². The zero-order valence-corrected chi connectivity index (χ0v) is 14.6. The highest BCUT2D eigenvalue weighted by Crippen LogP contribution is 2.23. The van der Waals surface area contributed by atoms with Crippen molar-refractivity contribution in [1.29, 1.82) is 0 Å². The third-order valence-corrected chi connectivity index (χ3v) is 4.32. The number of hydrogen-bond acceptors (Lipinski definition) is 2. The van der Waals surface area contributed by atoms with E-state index in [1.54, 1.807) is 0 Å². The first kappa shape index (κ1) is 16.2. The molecule has 1 N–H and O–H groups in total. The number of fused-ring (bicyclic) bond motifs is 1. The molecule has 1 aromatic heterocycles. The summed E-state index contributed by atoms with van der Waals surface area (Å²) in [7, 11) is 0. The molecule has 0 aliphatic heterocycles. The van der Waals surface area contributed by atoms with Gasteiger partial charge in [0.05, 0.1) is 17.1 Å². The zero-order valence-electron chi connectivity index (χ0n) is 14.6. The van der Waals surface area contributed by atoms with E-state index in [-0.39, 0.29) is 11.9 Å². The van der Waals surface area contributed by atoms with Gasteiger partial charge >= 0.3 is 0 Å². The number of para-hydroxylation sites is 2. The predicted molar refractivity (Wildman–Crippen MR) is 97.0 cm³/mol. The van der Waals surface area contributed by atoms with Gasteiger partial charge in [-0.15, -0.1) is 0 Å². The van der Waals surface area contributed by atoms with Crippen LogP contribution in [0.25, 0.3) is 11.0 Å². The number of nitrogens with zero attached hydrogens (tertiary/aromatic N) is 2. The number of aromatic nitrogens is 2. The van der Waals surface area contributed by atoms with Gasteiger partial charge in [-0.3, -0.25) is 4.79 Å². The van der Waals surface area contributed by atoms with E-state index in [1.807, 2.05) is 25.1 Å². The molecule has 0 fully saturated rings. The monoisotopic (exact) mass is 321 g/mol. The minimum Gasteiger partial charge on any atom is -0.347 e. The fraction of sp³-hybridized carbons (Fsp3) is 0.300. The van der Waals surface area contributed by atoms with Gasteiger partial charge in [0.25, 0.3) is 0 Å². The van der Waals surface area contributed by atoms with Crippen molar-refractivity contribution in [3.8, 4) is 0 Å². The molecule has 3 aromatic rings. The first-order valence-corrected chi connectivity index (χ1v) is 8.24. The summed E-state index contributed by atoms with van der Waals surface area (Å²) in [5, 5.41) is 2.95. The van der Waals surface area contributed by atoms with E-state index in [0.29, 0.717) is 0 Å². The van der Waals surface area contributed by atoms with E-state index in [1.165, 1.54) is 23.6 Å². The molecule has 0 spiro atoms. The lowest BCUT2D eigenvalue weighted by Gasteiger charge is -2.17. The Morgan fingerprint density at radius 2 is 1.96 bits per heavy atom. The number of imidazole rings is 1. The Bertz CT molecular complexity index is 895. The van der Waals surface area contributed by atoms with E-state index in [4.69, 9.17) is 4.98 Å². The summed E-state index contributed by atoms with van der Waals surface area (Å²) >= 11 is 0. The van der Waals surface area contributed by atoms with Crippen molar-refractivity contribution >= 4 is 16.9 Å². The number of aryl methyl sites for hydroxylation is 2. The number of carbonyl (C=O) groups excluding carboxylic acids is 1. The molecule has 1 amide bonds. The average Bonchev–Trinajstić information content (AvgIpc) is 2.89. The highest BCUT2D eigenvalue weighted by Gasteiger charge is 2.17. The molecule has 4 heteroatoms. The maximum Gasteiger partial charge on any atom is 0.217 e. The van der Waals surface area contributed by atoms with Crippen molar-refractivity contribution in [1.82, 2.24) is 14.9 Å². The molecule has 0 radical (unpaired) electrons. The Balaban J connectivity index is 2.10. The summed E-state index contributed by atoms with van der Waals surface area (Å²) in [6, 6.07) is 14.5. The summed E-state index contributed by atoms with van der Waals surface area (Å²) < 4.78 is 2.21. The van der Waals surface area contributed by atoms with Crippen LogP contribution in [0.1, 0.15) is 42.4 Å². The van der Waals surface area contributed by atoms with Crippen LogP contribution >= 0.6 is 0 Å². The topological polar surface area (TPSA) is 46.9 Å². The fourth-order valence-corrected chi connectivity index (χ4v) is 3.10. The molecule has 0 aliphatic rings. The van der Waals surface area contributed by atoms with Crippen LogP contribution in [0.5, 0.6) is 0 Å². The number of rotatable bonds is 4. The number of carbonyl (C=O) groups is 1. The third-order valence-electron chi connectivity index (χ3n) is 4.32. The van der Waals surface area contributed by atoms with Crippen LogP contribution in [0.15, 0.2) is 42.5 Å². The molecule has 3 rings (SSSR count). The number of amides is 1. The molecule has 124 valence electrons. The molecule has 0 unspecified atom stereocenters. The molecule has 0 saturated heterocycles. The zero-order chi connectivity index (χ0) is 17.3. The van der Waals surface area contributed by atoms with Gasteiger partial charge in [-0.05, 0) is 44.0 Å². The predicted octanol–water partition coefficient (Wildman–Crippen LogP) is 3.90. The molecule has 24 heavy (non-hydrogen) atoms. The van der Waals surface area contributed by atoms with Crippen LogP contribution < -0.4 is 5.32 Å². The second-order valence-corrected chi connectivity index (χ2v) is 6.40. The maximum atomic E-state index is 11.5. The standard InChI is InChI=1S/C20H23N3O/c1-13-9-10-14(2)17(11-13)12-23-19-8-6-5-7-18(19)22-20(23)15(3)21-16(4)24/h5-11,15H,12H2,1-4H3,(H,21,24)/t15-/m1/s1. The Kier molecular flexibility index (Phi) is 4.38. The second kappa shape index (κ2) is 6.48. The maximum absolute atomic E-state index is 11.5. The molecule has 0 bridgehead atoms. The second-order valence-electron chi connectivity index (χ2n) is 6.40. The van der Waals surface area contributed by atoms with Crippen molar-refractivity contribution in [3.05, 3.63) is 65.0 Å². The van der Waals surface area contributed by atoms with Gasteiger partial charge < -0.3 is 9.88 Å². The van der Waals surface area contributed by atoms with Crippen molar-refractivity contribution < 1.29 is 4.79 Å². The van der Waals surface area contributed by atoms with Crippen molar-refractivity contribution in [2.24, 2.45) is 0 Å². The van der Waals surface area contributed by atoms with Crippen molar-refractivity contribution in [2.45, 2.75) is 40.3 Å². The minimum atomic E-state index is -0.139. The smallest absolute Gasteiger partial charge is 0.217 e. The SMILES string of the molecule is CC(=O)N[C@H](C)c1nc2ccccc2n1Cc1cc(C)ccc1C. The Hall–Kier alpha value is -2.62. The molecule has 0 aliphatic carbocycles. The Labute approximate surface area is 142 Å². The van der Waals surface area contributed by atoms with Crippen LogP contribution in [-0.4, -0.2) is 15.5 Å². The summed E-state index contributed by atoms with van der Waals surface area (Å²) in [6.07, 6.45) is 0. The fourth-order valence-electron chi connectivity index (χ4n) is 3.10. The third kappa shape index (κ3) is 3.18. The molecule has 1 atom stereocenters. The minimum absolute atomic E-state index is 0.0483. The van der Waals surface area contributed by atoms with E-state index in [2.05, 4.69) is 48.0 Å². The largest absolute Gasteiger partial charge is 0.347 e. The molecular formula is C20H23N3O. The lowest BCUT2D eigenvalue weighted by atomic mass is 10.1. The van der Waals surface area contributed by atoms with Gasteiger partial charge in [-0.1, -0.05) is 35.9 Å². The normalized spacial score (nSPS) is 12.3. The van der Waals surface area contributed by atoms with Gasteiger partial charge in [0.2, 0.25) is 5.91 Å². The highest BCUT2D eigenvalue weighted by atomic mass is 16.1. The van der Waals surface area contributed by atoms with Crippen LogP contribution in [0, 0.1) is 13.8 Å². The van der Waals surface area contributed by atoms with E-state index >= 15 is 0 Å². The van der Waals surface area contributed by atoms with Crippen LogP contribution in [0.2, 0.25) is 0 Å². The summed E-state index contributed by atoms with van der Waals surface area (Å²) in [5.74, 6) is 0.833. The van der Waals surface area contributed by atoms with Crippen LogP contribution in [0.3, 0.4) is 0 Å². The first-order valence-electron chi connectivity index (χ1n) is 8.24. The molecule has 4 nitrogen and oxygen atoms in total. The van der Waals surface area contributed by atoms with Gasteiger partial charge in [0.15, 0.2) is 0 Å². The number of benzene rings is 2. The number of hydrogen-bond donors (Lipinski definition) is 1. The average molecular weight is 321 g/mol. The van der Waals surface area contributed by atoms with Gasteiger partial charge in [0, 0.05) is 13.5 Å². The van der Waals surface area contributed by atoms with E-state index in [9.17, 15) is 4.79 Å². The molecule has 2 aromatic carbocycles. The van der Waals surface area contributed by atoms with Gasteiger partial charge in [-0.2, -0.15) is 0 Å². The van der Waals surface area contributed by atoms with Crippen molar-refractivity contribution in [2.75, 3.05) is 0 Å². The summed E-state index contributed by atoms with van der Waals surface area (Å²) in [5.41, 5.74) is 5.82. The van der Waals surface area contributed by atoms with Crippen molar-refractivity contribution in [3.63, 3.8) is 0 Å².